The normalized spacial score (nSPS) is 42.8. The average Bonchev–Trinajstić information content (AvgIpc) is 2.30. The minimum atomic E-state index is 0.704. The molecule has 0 heterocycles. The zero-order valence-electron chi connectivity index (χ0n) is 9.57. The molecule has 2 aliphatic carbocycles. The molecule has 0 aliphatic heterocycles. The molecule has 0 N–H and O–H groups in total. The van der Waals surface area contributed by atoms with Gasteiger partial charge in [0.25, 0.3) is 0 Å². The summed E-state index contributed by atoms with van der Waals surface area (Å²) in [6, 6.07) is 0. The molecule has 2 fully saturated rings. The molecule has 0 radical (unpaired) electrons. The fraction of sp³-hybridized carbons (Fsp3) is 1.00. The molecular formula is C13H24S2. The zero-order valence-corrected chi connectivity index (χ0v) is 11.4. The largest absolute Gasteiger partial charge is 0.179 e. The van der Waals surface area contributed by atoms with E-state index in [4.69, 9.17) is 0 Å². The van der Waals surface area contributed by atoms with Gasteiger partial charge >= 0.3 is 0 Å². The number of rotatable bonds is 2. The van der Waals surface area contributed by atoms with Crippen LogP contribution in [0.25, 0.3) is 0 Å². The van der Waals surface area contributed by atoms with Gasteiger partial charge in [-0.05, 0) is 74.9 Å². The highest BCUT2D eigenvalue weighted by Gasteiger charge is 2.29. The van der Waals surface area contributed by atoms with Crippen molar-refractivity contribution in [3.05, 3.63) is 0 Å². The van der Waals surface area contributed by atoms with Gasteiger partial charge in [-0.2, -0.15) is 25.3 Å². The molecule has 0 amide bonds. The third kappa shape index (κ3) is 3.33. The minimum Gasteiger partial charge on any atom is -0.179 e. The van der Waals surface area contributed by atoms with Crippen LogP contribution in [-0.2, 0) is 0 Å². The SMILES string of the molecule is SCC1CCC(C2CCC(S)CC2)CC1. The summed E-state index contributed by atoms with van der Waals surface area (Å²) in [6.07, 6.45) is 11.5. The van der Waals surface area contributed by atoms with E-state index in [1.807, 2.05) is 0 Å². The van der Waals surface area contributed by atoms with Crippen molar-refractivity contribution < 1.29 is 0 Å². The van der Waals surface area contributed by atoms with Gasteiger partial charge in [0.2, 0.25) is 0 Å². The second kappa shape index (κ2) is 5.86. The van der Waals surface area contributed by atoms with Gasteiger partial charge in [0.15, 0.2) is 0 Å². The van der Waals surface area contributed by atoms with Crippen LogP contribution in [0.1, 0.15) is 51.4 Å². The van der Waals surface area contributed by atoms with E-state index in [0.29, 0.717) is 5.25 Å². The molecular weight excluding hydrogens is 220 g/mol. The van der Waals surface area contributed by atoms with Crippen LogP contribution in [0.2, 0.25) is 0 Å². The van der Waals surface area contributed by atoms with Crippen molar-refractivity contribution in [2.45, 2.75) is 56.6 Å². The molecule has 0 atom stereocenters. The Kier molecular flexibility index (Phi) is 4.75. The first-order chi connectivity index (χ1) is 7.29. The van der Waals surface area contributed by atoms with Crippen molar-refractivity contribution in [3.63, 3.8) is 0 Å². The quantitative estimate of drug-likeness (QED) is 0.668. The molecule has 2 aliphatic rings. The molecule has 0 unspecified atom stereocenters. The predicted octanol–water partition coefficient (Wildman–Crippen LogP) is 4.21. The topological polar surface area (TPSA) is 0 Å². The molecule has 88 valence electrons. The van der Waals surface area contributed by atoms with Crippen molar-refractivity contribution in [2.24, 2.45) is 17.8 Å². The van der Waals surface area contributed by atoms with E-state index in [-0.39, 0.29) is 0 Å². The first-order valence-corrected chi connectivity index (χ1v) is 7.73. The summed E-state index contributed by atoms with van der Waals surface area (Å²) in [5.74, 6) is 4.11. The average molecular weight is 244 g/mol. The van der Waals surface area contributed by atoms with Crippen LogP contribution in [0, 0.1) is 17.8 Å². The molecule has 0 aromatic rings. The molecule has 2 saturated carbocycles. The predicted molar refractivity (Wildman–Crippen MR) is 74.0 cm³/mol. The van der Waals surface area contributed by atoms with Crippen LogP contribution < -0.4 is 0 Å². The maximum atomic E-state index is 4.59. The molecule has 0 aromatic heterocycles. The lowest BCUT2D eigenvalue weighted by atomic mass is 9.71. The van der Waals surface area contributed by atoms with Crippen LogP contribution in [0.15, 0.2) is 0 Å². The van der Waals surface area contributed by atoms with E-state index in [1.165, 1.54) is 51.4 Å². The smallest absolute Gasteiger partial charge is 0.00170 e. The van der Waals surface area contributed by atoms with Crippen molar-refractivity contribution in [3.8, 4) is 0 Å². The van der Waals surface area contributed by atoms with E-state index in [1.54, 1.807) is 0 Å². The highest BCUT2D eigenvalue weighted by atomic mass is 32.1. The summed E-state index contributed by atoms with van der Waals surface area (Å²) >= 11 is 9.01. The van der Waals surface area contributed by atoms with Gasteiger partial charge < -0.3 is 0 Å². The fourth-order valence-corrected chi connectivity index (χ4v) is 4.08. The van der Waals surface area contributed by atoms with Crippen LogP contribution in [0.5, 0.6) is 0 Å². The van der Waals surface area contributed by atoms with Gasteiger partial charge in [0, 0.05) is 5.25 Å². The lowest BCUT2D eigenvalue weighted by Gasteiger charge is -2.36. The number of hydrogen-bond acceptors (Lipinski definition) is 2. The molecule has 2 rings (SSSR count). The highest BCUT2D eigenvalue weighted by molar-refractivity contribution is 7.81. The molecule has 15 heavy (non-hydrogen) atoms. The third-order valence-electron chi connectivity index (χ3n) is 4.56. The zero-order chi connectivity index (χ0) is 10.7. The van der Waals surface area contributed by atoms with Crippen molar-refractivity contribution in [1.82, 2.24) is 0 Å². The summed E-state index contributed by atoms with van der Waals surface area (Å²) in [6.45, 7) is 0. The van der Waals surface area contributed by atoms with Crippen LogP contribution in [-0.4, -0.2) is 11.0 Å². The standard InChI is InChI=1S/C13H24S2/c14-9-10-1-3-11(4-2-10)12-5-7-13(15)8-6-12/h10-15H,1-9H2. The number of thiol groups is 2. The Morgan fingerprint density at radius 1 is 0.733 bits per heavy atom. The lowest BCUT2D eigenvalue weighted by molar-refractivity contribution is 0.176. The van der Waals surface area contributed by atoms with Crippen molar-refractivity contribution >= 4 is 25.3 Å². The Labute approximate surface area is 105 Å². The molecule has 0 spiro atoms. The minimum absolute atomic E-state index is 0.704. The second-order valence-corrected chi connectivity index (χ2v) is 6.63. The van der Waals surface area contributed by atoms with Gasteiger partial charge in [0.05, 0.1) is 0 Å². The fourth-order valence-electron chi connectivity index (χ4n) is 3.42. The molecule has 0 aromatic carbocycles. The Balaban J connectivity index is 1.75. The molecule has 0 saturated heterocycles. The Bertz CT molecular complexity index is 177. The third-order valence-corrected chi connectivity index (χ3v) is 5.59. The Morgan fingerprint density at radius 2 is 1.20 bits per heavy atom. The molecule has 0 bridgehead atoms. The van der Waals surface area contributed by atoms with Crippen LogP contribution >= 0.6 is 25.3 Å². The highest BCUT2D eigenvalue weighted by Crippen LogP contribution is 2.40. The van der Waals surface area contributed by atoms with Gasteiger partial charge in [-0.15, -0.1) is 0 Å². The van der Waals surface area contributed by atoms with E-state index in [0.717, 1.165) is 23.5 Å². The monoisotopic (exact) mass is 244 g/mol. The summed E-state index contributed by atoms with van der Waals surface area (Å²) in [7, 11) is 0. The van der Waals surface area contributed by atoms with Gasteiger partial charge in [-0.25, -0.2) is 0 Å². The first-order valence-electron chi connectivity index (χ1n) is 6.58. The van der Waals surface area contributed by atoms with E-state index >= 15 is 0 Å². The van der Waals surface area contributed by atoms with Gasteiger partial charge in [-0.3, -0.25) is 0 Å². The Morgan fingerprint density at radius 3 is 1.67 bits per heavy atom. The summed E-state index contributed by atoms with van der Waals surface area (Å²) in [4.78, 5) is 0. The lowest BCUT2D eigenvalue weighted by Crippen LogP contribution is -2.26. The van der Waals surface area contributed by atoms with Gasteiger partial charge in [-0.1, -0.05) is 0 Å². The van der Waals surface area contributed by atoms with E-state index in [2.05, 4.69) is 25.3 Å². The summed E-state index contributed by atoms with van der Waals surface area (Å²) < 4.78 is 0. The summed E-state index contributed by atoms with van der Waals surface area (Å²) in [5.41, 5.74) is 0. The van der Waals surface area contributed by atoms with Gasteiger partial charge in [0.1, 0.15) is 0 Å². The first kappa shape index (κ1) is 12.2. The second-order valence-electron chi connectivity index (χ2n) is 5.53. The van der Waals surface area contributed by atoms with Crippen LogP contribution in [0.4, 0.5) is 0 Å². The Hall–Kier alpha value is 0.700. The van der Waals surface area contributed by atoms with Crippen LogP contribution in [0.3, 0.4) is 0 Å². The molecule has 0 nitrogen and oxygen atoms in total. The maximum Gasteiger partial charge on any atom is 0.00170 e. The number of hydrogen-bond donors (Lipinski definition) is 2. The van der Waals surface area contributed by atoms with E-state index in [9.17, 15) is 0 Å². The summed E-state index contributed by atoms with van der Waals surface area (Å²) in [5, 5.41) is 0.704. The van der Waals surface area contributed by atoms with E-state index < -0.39 is 0 Å². The molecule has 2 heteroatoms. The van der Waals surface area contributed by atoms with Crippen molar-refractivity contribution in [2.75, 3.05) is 5.75 Å². The van der Waals surface area contributed by atoms with Crippen molar-refractivity contribution in [1.29, 1.82) is 0 Å². The maximum absolute atomic E-state index is 4.59.